The Morgan fingerprint density at radius 2 is 1.18 bits per heavy atom. The summed E-state index contributed by atoms with van der Waals surface area (Å²) < 4.78 is 1.12. The van der Waals surface area contributed by atoms with Crippen LogP contribution >= 0.6 is 15.9 Å². The minimum absolute atomic E-state index is 1.12. The molecule has 0 fully saturated rings. The molecule has 17 heavy (non-hydrogen) atoms. The lowest BCUT2D eigenvalue weighted by Gasteiger charge is -2.00. The molecule has 0 spiro atoms. The predicted octanol–water partition coefficient (Wildman–Crippen LogP) is 5.92. The summed E-state index contributed by atoms with van der Waals surface area (Å²) in [7, 11) is 0. The van der Waals surface area contributed by atoms with E-state index in [2.05, 4.69) is 78.3 Å². The number of benzene rings is 2. The molecule has 0 saturated carbocycles. The largest absolute Gasteiger partial charge is 0.0654 e. The second kappa shape index (κ2) is 8.08. The van der Waals surface area contributed by atoms with Crippen LogP contribution in [0, 0.1) is 0 Å². The third-order valence-corrected chi connectivity index (χ3v) is 2.98. The van der Waals surface area contributed by atoms with E-state index in [4.69, 9.17) is 0 Å². The maximum absolute atomic E-state index is 3.42. The van der Waals surface area contributed by atoms with Gasteiger partial charge in [-0.15, -0.1) is 0 Å². The number of hydrogen-bond acceptors (Lipinski definition) is 0. The van der Waals surface area contributed by atoms with Crippen molar-refractivity contribution in [1.82, 2.24) is 0 Å². The molecule has 0 unspecified atom stereocenters. The van der Waals surface area contributed by atoms with Gasteiger partial charge in [-0.2, -0.15) is 0 Å². The summed E-state index contributed by atoms with van der Waals surface area (Å²) in [4.78, 5) is 0. The molecule has 0 aliphatic heterocycles. The third kappa shape index (κ3) is 5.18. The zero-order valence-corrected chi connectivity index (χ0v) is 12.1. The summed E-state index contributed by atoms with van der Waals surface area (Å²) in [6, 6.07) is 18.7. The normalized spacial score (nSPS) is 9.35. The molecule has 0 atom stereocenters. The second-order valence-electron chi connectivity index (χ2n) is 3.87. The number of unbranched alkanes of at least 4 members (excludes halogenated alkanes) is 1. The van der Waals surface area contributed by atoms with Crippen molar-refractivity contribution >= 4 is 15.9 Å². The molecule has 90 valence electrons. The first-order valence-corrected chi connectivity index (χ1v) is 6.88. The summed E-state index contributed by atoms with van der Waals surface area (Å²) in [5.41, 5.74) is 2.51. The van der Waals surface area contributed by atoms with E-state index in [1.807, 2.05) is 6.07 Å². The van der Waals surface area contributed by atoms with E-state index in [1.165, 1.54) is 24.0 Å². The fourth-order valence-electron chi connectivity index (χ4n) is 1.27. The van der Waals surface area contributed by atoms with Crippen molar-refractivity contribution in [3.05, 3.63) is 59.1 Å². The zero-order chi connectivity index (χ0) is 12.5. The Hall–Kier alpha value is -1.08. The van der Waals surface area contributed by atoms with Crippen molar-refractivity contribution in [3.63, 3.8) is 0 Å². The average molecular weight is 291 g/mol. The van der Waals surface area contributed by atoms with Crippen LogP contribution in [0.15, 0.2) is 59.1 Å². The molecular weight excluding hydrogens is 272 g/mol. The van der Waals surface area contributed by atoms with E-state index >= 15 is 0 Å². The minimum Gasteiger partial charge on any atom is -0.0654 e. The molecule has 0 amide bonds. The van der Waals surface area contributed by atoms with Gasteiger partial charge >= 0.3 is 0 Å². The standard InChI is InChI=1S/C12H9Br.C4H10/c13-12-8-6-11(7-9-12)10-4-2-1-3-5-10;1-3-4-2/h1-9H;3-4H2,1-2H3. The highest BCUT2D eigenvalue weighted by Gasteiger charge is 1.94. The Balaban J connectivity index is 0.000000317. The lowest BCUT2D eigenvalue weighted by Crippen LogP contribution is -1.75. The maximum Gasteiger partial charge on any atom is 0.0175 e. The van der Waals surface area contributed by atoms with Gasteiger partial charge in [-0.3, -0.25) is 0 Å². The van der Waals surface area contributed by atoms with Gasteiger partial charge in [0, 0.05) is 4.47 Å². The molecule has 0 N–H and O–H groups in total. The number of halogens is 1. The van der Waals surface area contributed by atoms with E-state index in [0.717, 1.165) is 4.47 Å². The van der Waals surface area contributed by atoms with Gasteiger partial charge in [-0.05, 0) is 23.3 Å². The molecule has 0 aliphatic rings. The Labute approximate surface area is 113 Å². The molecule has 0 saturated heterocycles. The number of rotatable bonds is 2. The van der Waals surface area contributed by atoms with Crippen LogP contribution in [0.2, 0.25) is 0 Å². The second-order valence-corrected chi connectivity index (χ2v) is 4.79. The van der Waals surface area contributed by atoms with Gasteiger partial charge < -0.3 is 0 Å². The highest BCUT2D eigenvalue weighted by molar-refractivity contribution is 9.10. The van der Waals surface area contributed by atoms with Gasteiger partial charge in [0.05, 0.1) is 0 Å². The molecule has 2 aromatic carbocycles. The Morgan fingerprint density at radius 3 is 1.65 bits per heavy atom. The number of hydrogen-bond donors (Lipinski definition) is 0. The van der Waals surface area contributed by atoms with E-state index in [9.17, 15) is 0 Å². The third-order valence-electron chi connectivity index (χ3n) is 2.45. The van der Waals surface area contributed by atoms with Crippen LogP contribution in [0.25, 0.3) is 11.1 Å². The van der Waals surface area contributed by atoms with E-state index in [-0.39, 0.29) is 0 Å². The minimum atomic E-state index is 1.12. The van der Waals surface area contributed by atoms with Crippen molar-refractivity contribution in [2.24, 2.45) is 0 Å². The van der Waals surface area contributed by atoms with Gasteiger partial charge in [0.15, 0.2) is 0 Å². The average Bonchev–Trinajstić information content (AvgIpc) is 2.41. The summed E-state index contributed by atoms with van der Waals surface area (Å²) >= 11 is 3.42. The smallest absolute Gasteiger partial charge is 0.0175 e. The highest BCUT2D eigenvalue weighted by Crippen LogP contribution is 2.20. The fraction of sp³-hybridized carbons (Fsp3) is 0.250. The van der Waals surface area contributed by atoms with Crippen LogP contribution < -0.4 is 0 Å². The van der Waals surface area contributed by atoms with Crippen molar-refractivity contribution in [2.75, 3.05) is 0 Å². The topological polar surface area (TPSA) is 0 Å². The van der Waals surface area contributed by atoms with Crippen LogP contribution in [0.3, 0.4) is 0 Å². The SMILES string of the molecule is Brc1ccc(-c2ccccc2)cc1.CCCC. The molecule has 0 heterocycles. The maximum atomic E-state index is 3.42. The molecule has 2 aromatic rings. The van der Waals surface area contributed by atoms with Crippen LogP contribution in [-0.4, -0.2) is 0 Å². The lowest BCUT2D eigenvalue weighted by atomic mass is 10.1. The Bertz CT molecular complexity index is 401. The lowest BCUT2D eigenvalue weighted by molar-refractivity contribution is 0.886. The van der Waals surface area contributed by atoms with Crippen molar-refractivity contribution < 1.29 is 0 Å². The Morgan fingerprint density at radius 1 is 0.706 bits per heavy atom. The highest BCUT2D eigenvalue weighted by atomic mass is 79.9. The summed E-state index contributed by atoms with van der Waals surface area (Å²) in [5.74, 6) is 0. The van der Waals surface area contributed by atoms with E-state index in [0.29, 0.717) is 0 Å². The van der Waals surface area contributed by atoms with Gasteiger partial charge in [0.25, 0.3) is 0 Å². The summed E-state index contributed by atoms with van der Waals surface area (Å²) in [5, 5.41) is 0. The van der Waals surface area contributed by atoms with Crippen LogP contribution in [0.5, 0.6) is 0 Å². The first-order chi connectivity index (χ1) is 8.27. The molecule has 2 rings (SSSR count). The van der Waals surface area contributed by atoms with Crippen molar-refractivity contribution in [3.8, 4) is 11.1 Å². The van der Waals surface area contributed by atoms with Crippen LogP contribution in [0.4, 0.5) is 0 Å². The van der Waals surface area contributed by atoms with Crippen molar-refractivity contribution in [2.45, 2.75) is 26.7 Å². The zero-order valence-electron chi connectivity index (χ0n) is 10.5. The fourth-order valence-corrected chi connectivity index (χ4v) is 1.54. The monoisotopic (exact) mass is 290 g/mol. The first kappa shape index (κ1) is 14.0. The molecule has 0 aliphatic carbocycles. The Kier molecular flexibility index (Phi) is 6.64. The molecule has 0 aromatic heterocycles. The summed E-state index contributed by atoms with van der Waals surface area (Å²) in [6.07, 6.45) is 2.64. The molecular formula is C16H19Br. The quantitative estimate of drug-likeness (QED) is 0.644. The molecule has 0 radical (unpaired) electrons. The van der Waals surface area contributed by atoms with Crippen LogP contribution in [-0.2, 0) is 0 Å². The first-order valence-electron chi connectivity index (χ1n) is 6.09. The van der Waals surface area contributed by atoms with E-state index < -0.39 is 0 Å². The molecule has 0 bridgehead atoms. The van der Waals surface area contributed by atoms with E-state index in [1.54, 1.807) is 0 Å². The molecule has 1 heteroatoms. The van der Waals surface area contributed by atoms with Crippen molar-refractivity contribution in [1.29, 1.82) is 0 Å². The van der Waals surface area contributed by atoms with Gasteiger partial charge in [0.2, 0.25) is 0 Å². The summed E-state index contributed by atoms with van der Waals surface area (Å²) in [6.45, 7) is 4.36. The predicted molar refractivity (Wildman–Crippen MR) is 80.2 cm³/mol. The van der Waals surface area contributed by atoms with Crippen LogP contribution in [0.1, 0.15) is 26.7 Å². The van der Waals surface area contributed by atoms with Gasteiger partial charge in [-0.25, -0.2) is 0 Å². The molecule has 0 nitrogen and oxygen atoms in total. The van der Waals surface area contributed by atoms with Gasteiger partial charge in [0.1, 0.15) is 0 Å². The van der Waals surface area contributed by atoms with Gasteiger partial charge in [-0.1, -0.05) is 85.1 Å².